The zero-order chi connectivity index (χ0) is 9.64. The second-order valence-corrected chi connectivity index (χ2v) is 8.52. The third-order valence-electron chi connectivity index (χ3n) is 3.04. The van der Waals surface area contributed by atoms with Gasteiger partial charge in [0.15, 0.2) is 0 Å². The van der Waals surface area contributed by atoms with E-state index in [1.54, 1.807) is 0 Å². The van der Waals surface area contributed by atoms with Gasteiger partial charge in [0.25, 0.3) is 0 Å². The molecule has 0 saturated heterocycles. The molecule has 0 saturated carbocycles. The molecule has 0 bridgehead atoms. The monoisotopic (exact) mass is 186 g/mol. The Morgan fingerprint density at radius 1 is 1.08 bits per heavy atom. The molecular formula is C12H14Si. The van der Waals surface area contributed by atoms with Crippen molar-refractivity contribution in [3.63, 3.8) is 0 Å². The molecule has 1 aliphatic heterocycles. The molecule has 0 radical (unpaired) electrons. The molecule has 1 aliphatic rings. The van der Waals surface area contributed by atoms with Crippen molar-refractivity contribution in [2.45, 2.75) is 13.1 Å². The summed E-state index contributed by atoms with van der Waals surface area (Å²) in [4.78, 5) is 0. The Labute approximate surface area is 80.6 Å². The van der Waals surface area contributed by atoms with Gasteiger partial charge in [-0.2, -0.15) is 0 Å². The topological polar surface area (TPSA) is 0 Å². The summed E-state index contributed by atoms with van der Waals surface area (Å²) >= 11 is 0. The van der Waals surface area contributed by atoms with Crippen LogP contribution in [0.15, 0.2) is 42.6 Å². The minimum absolute atomic E-state index is 1.16. The summed E-state index contributed by atoms with van der Waals surface area (Å²) in [5.41, 5.74) is 2.48. The Bertz CT molecular complexity index is 399. The van der Waals surface area contributed by atoms with Crippen LogP contribution in [0.4, 0.5) is 0 Å². The smallest absolute Gasteiger partial charge is 0.0988 e. The van der Waals surface area contributed by atoms with Gasteiger partial charge in [-0.3, -0.25) is 0 Å². The number of hydrogen-bond donors (Lipinski definition) is 0. The van der Waals surface area contributed by atoms with Crippen molar-refractivity contribution in [3.8, 4) is 0 Å². The van der Waals surface area contributed by atoms with E-state index in [9.17, 15) is 0 Å². The van der Waals surface area contributed by atoms with Crippen molar-refractivity contribution in [3.05, 3.63) is 48.2 Å². The first-order valence-electron chi connectivity index (χ1n) is 4.53. The predicted molar refractivity (Wildman–Crippen MR) is 61.7 cm³/mol. The van der Waals surface area contributed by atoms with E-state index in [1.807, 2.05) is 0 Å². The highest BCUT2D eigenvalue weighted by Gasteiger charge is 2.37. The van der Waals surface area contributed by atoms with Gasteiger partial charge in [-0.25, -0.2) is 0 Å². The van der Waals surface area contributed by atoms with Crippen LogP contribution in [0.3, 0.4) is 0 Å². The fraction of sp³-hybridized carbons (Fsp3) is 0.167. The van der Waals surface area contributed by atoms with Gasteiger partial charge in [0.1, 0.15) is 8.07 Å². The van der Waals surface area contributed by atoms with E-state index in [2.05, 4.69) is 50.5 Å². The Hall–Kier alpha value is -1.08. The number of fused-ring (bicyclic) bond motifs is 1. The lowest BCUT2D eigenvalue weighted by molar-refractivity contribution is 1.70. The van der Waals surface area contributed by atoms with Crippen molar-refractivity contribution in [2.24, 2.45) is 0 Å². The van der Waals surface area contributed by atoms with Crippen LogP contribution in [0.25, 0.3) is 5.57 Å². The predicted octanol–water partition coefficient (Wildman–Crippen LogP) is 2.72. The summed E-state index contributed by atoms with van der Waals surface area (Å²) in [6, 6.07) is 8.57. The highest BCUT2D eigenvalue weighted by molar-refractivity contribution is 7.00. The van der Waals surface area contributed by atoms with Crippen molar-refractivity contribution in [1.29, 1.82) is 0 Å². The van der Waals surface area contributed by atoms with Gasteiger partial charge in [-0.1, -0.05) is 55.7 Å². The van der Waals surface area contributed by atoms with E-state index < -0.39 is 8.07 Å². The maximum absolute atomic E-state index is 4.16. The fourth-order valence-electron chi connectivity index (χ4n) is 1.99. The quantitative estimate of drug-likeness (QED) is 0.547. The van der Waals surface area contributed by atoms with Gasteiger partial charge in [0.05, 0.1) is 0 Å². The van der Waals surface area contributed by atoms with Crippen LogP contribution in [-0.2, 0) is 0 Å². The minimum atomic E-state index is -1.42. The average molecular weight is 186 g/mol. The lowest BCUT2D eigenvalue weighted by atomic mass is 10.1. The van der Waals surface area contributed by atoms with E-state index >= 15 is 0 Å². The Morgan fingerprint density at radius 2 is 1.69 bits per heavy atom. The molecule has 0 atom stereocenters. The number of allylic oxidation sites excluding steroid dienone is 2. The van der Waals surface area contributed by atoms with Crippen LogP contribution in [-0.4, -0.2) is 8.07 Å². The van der Waals surface area contributed by atoms with Gasteiger partial charge in [-0.15, -0.1) is 0 Å². The van der Waals surface area contributed by atoms with Crippen LogP contribution >= 0.6 is 0 Å². The van der Waals surface area contributed by atoms with Crippen LogP contribution in [0.5, 0.6) is 0 Å². The van der Waals surface area contributed by atoms with Crippen LogP contribution in [0.2, 0.25) is 13.1 Å². The minimum Gasteiger partial charge on any atom is -0.0988 e. The maximum Gasteiger partial charge on any atom is 0.113 e. The fourth-order valence-corrected chi connectivity index (χ4v) is 4.63. The summed E-state index contributed by atoms with van der Waals surface area (Å²) in [5, 5.41) is 2.78. The summed E-state index contributed by atoms with van der Waals surface area (Å²) in [7, 11) is -1.42. The molecule has 0 nitrogen and oxygen atoms in total. The van der Waals surface area contributed by atoms with Gasteiger partial charge in [0, 0.05) is 0 Å². The van der Waals surface area contributed by atoms with Gasteiger partial charge in [-0.05, 0) is 16.3 Å². The normalized spacial score (nSPS) is 18.9. The second-order valence-electron chi connectivity index (χ2n) is 4.13. The molecule has 0 spiro atoms. The van der Waals surface area contributed by atoms with Crippen LogP contribution < -0.4 is 5.19 Å². The summed E-state index contributed by atoms with van der Waals surface area (Å²) < 4.78 is 0. The first-order chi connectivity index (χ1) is 6.05. The molecule has 0 unspecified atom stereocenters. The van der Waals surface area contributed by atoms with Gasteiger partial charge < -0.3 is 0 Å². The van der Waals surface area contributed by atoms with Crippen molar-refractivity contribution < 1.29 is 0 Å². The highest BCUT2D eigenvalue weighted by Crippen LogP contribution is 2.34. The molecule has 0 aliphatic carbocycles. The average Bonchev–Trinajstić information content (AvgIpc) is 2.30. The third kappa shape index (κ3) is 0.970. The van der Waals surface area contributed by atoms with Crippen molar-refractivity contribution in [1.82, 2.24) is 0 Å². The lowest BCUT2D eigenvalue weighted by Gasteiger charge is -2.17. The molecule has 0 N–H and O–H groups in total. The molecule has 1 aromatic carbocycles. The van der Waals surface area contributed by atoms with Crippen LogP contribution in [0.1, 0.15) is 5.56 Å². The summed E-state index contributed by atoms with van der Waals surface area (Å²) in [6.45, 7) is 13.0. The molecule has 0 fully saturated rings. The number of hydrogen-bond acceptors (Lipinski definition) is 0. The zero-order valence-electron chi connectivity index (χ0n) is 8.22. The van der Waals surface area contributed by atoms with E-state index in [1.165, 1.54) is 15.9 Å². The van der Waals surface area contributed by atoms with E-state index in [-0.39, 0.29) is 0 Å². The number of rotatable bonds is 0. The van der Waals surface area contributed by atoms with Gasteiger partial charge in [0.2, 0.25) is 0 Å². The molecule has 1 heterocycles. The van der Waals surface area contributed by atoms with E-state index in [0.717, 1.165) is 5.57 Å². The van der Waals surface area contributed by atoms with E-state index in [0.29, 0.717) is 0 Å². The molecule has 0 aromatic heterocycles. The molecular weight excluding hydrogens is 172 g/mol. The highest BCUT2D eigenvalue weighted by atomic mass is 28.3. The maximum atomic E-state index is 4.16. The summed E-state index contributed by atoms with van der Waals surface area (Å²) in [5.74, 6) is 0. The Morgan fingerprint density at radius 3 is 2.31 bits per heavy atom. The van der Waals surface area contributed by atoms with Crippen LogP contribution in [0, 0.1) is 0 Å². The SMILES string of the molecule is C=C1C(=C)[Si](C)(C)c2ccccc21. The Kier molecular flexibility index (Phi) is 1.61. The Balaban J connectivity index is 2.75. The second kappa shape index (κ2) is 2.45. The third-order valence-corrected chi connectivity index (χ3v) is 6.64. The molecule has 13 heavy (non-hydrogen) atoms. The van der Waals surface area contributed by atoms with Gasteiger partial charge >= 0.3 is 0 Å². The zero-order valence-corrected chi connectivity index (χ0v) is 9.22. The summed E-state index contributed by atoms with van der Waals surface area (Å²) in [6.07, 6.45) is 0. The van der Waals surface area contributed by atoms with Crippen molar-refractivity contribution >= 4 is 18.8 Å². The lowest BCUT2D eigenvalue weighted by Crippen LogP contribution is -2.39. The first kappa shape index (κ1) is 8.51. The molecule has 66 valence electrons. The number of benzene rings is 1. The van der Waals surface area contributed by atoms with Crippen molar-refractivity contribution in [2.75, 3.05) is 0 Å². The molecule has 1 heteroatoms. The molecule has 0 amide bonds. The first-order valence-corrected chi connectivity index (χ1v) is 7.53. The molecule has 1 aromatic rings. The standard InChI is InChI=1S/C12H14Si/c1-9-10(2)13(3,4)12-8-6-5-7-11(9)12/h5-8H,1-2H2,3-4H3. The van der Waals surface area contributed by atoms with E-state index in [4.69, 9.17) is 0 Å². The largest absolute Gasteiger partial charge is 0.113 e. The molecule has 2 rings (SSSR count).